The van der Waals surface area contributed by atoms with Gasteiger partial charge in [-0.15, -0.1) is 0 Å². The molecule has 0 aliphatic carbocycles. The second kappa shape index (κ2) is 4.04. The second-order valence-electron chi connectivity index (χ2n) is 3.36. The first-order chi connectivity index (χ1) is 6.49. The first-order valence-electron chi connectivity index (χ1n) is 4.34. The Morgan fingerprint density at radius 2 is 2.14 bits per heavy atom. The van der Waals surface area contributed by atoms with Gasteiger partial charge in [0.1, 0.15) is 11.6 Å². The molecule has 0 saturated heterocycles. The van der Waals surface area contributed by atoms with Crippen LogP contribution < -0.4 is 10.6 Å². The zero-order valence-corrected chi connectivity index (χ0v) is 8.70. The van der Waals surface area contributed by atoms with E-state index in [1.54, 1.807) is 0 Å². The molecular formula is C9H15N5. The number of nitrogens with zero attached hydrogens (tertiary/aromatic N) is 3. The van der Waals surface area contributed by atoms with Crippen LogP contribution in [0.2, 0.25) is 0 Å². The number of nitrogens with one attached hydrogen (secondary N) is 1. The van der Waals surface area contributed by atoms with Crippen molar-refractivity contribution in [3.05, 3.63) is 17.6 Å². The maximum absolute atomic E-state index is 7.18. The lowest BCUT2D eigenvalue weighted by Gasteiger charge is -2.12. The molecule has 0 aromatic carbocycles. The van der Waals surface area contributed by atoms with Crippen LogP contribution in [0, 0.1) is 12.3 Å². The highest BCUT2D eigenvalue weighted by atomic mass is 15.1. The molecule has 1 rings (SSSR count). The Balaban J connectivity index is 3.01. The van der Waals surface area contributed by atoms with Crippen LogP contribution in [0.1, 0.15) is 11.5 Å². The molecule has 0 fully saturated rings. The van der Waals surface area contributed by atoms with Gasteiger partial charge in [0.2, 0.25) is 0 Å². The molecular weight excluding hydrogens is 178 g/mol. The van der Waals surface area contributed by atoms with E-state index in [1.807, 2.05) is 32.0 Å². The molecule has 0 amide bonds. The Morgan fingerprint density at radius 3 is 2.64 bits per heavy atom. The Bertz CT molecular complexity index is 345. The van der Waals surface area contributed by atoms with Gasteiger partial charge < -0.3 is 10.6 Å². The number of nitrogens with two attached hydrogens (primary N) is 1. The molecule has 0 radical (unpaired) electrons. The van der Waals surface area contributed by atoms with Crippen LogP contribution in [0.5, 0.6) is 0 Å². The third-order valence-electron chi connectivity index (χ3n) is 1.71. The van der Waals surface area contributed by atoms with E-state index in [-0.39, 0.29) is 5.84 Å². The summed E-state index contributed by atoms with van der Waals surface area (Å²) in [6.07, 6.45) is 0.379. The highest BCUT2D eigenvalue weighted by Gasteiger charge is 2.04. The minimum atomic E-state index is 0.118. The zero-order chi connectivity index (χ0) is 10.7. The van der Waals surface area contributed by atoms with E-state index in [1.165, 1.54) is 0 Å². The highest BCUT2D eigenvalue weighted by Crippen LogP contribution is 2.09. The molecule has 0 bridgehead atoms. The fourth-order valence-electron chi connectivity index (χ4n) is 1.13. The Labute approximate surface area is 83.5 Å². The van der Waals surface area contributed by atoms with Crippen LogP contribution in [-0.2, 0) is 6.42 Å². The number of hydrogen-bond acceptors (Lipinski definition) is 4. The van der Waals surface area contributed by atoms with Crippen molar-refractivity contribution in [2.45, 2.75) is 13.3 Å². The van der Waals surface area contributed by atoms with Crippen molar-refractivity contribution in [2.75, 3.05) is 19.0 Å². The van der Waals surface area contributed by atoms with Crippen molar-refractivity contribution < 1.29 is 0 Å². The van der Waals surface area contributed by atoms with Crippen LogP contribution in [-0.4, -0.2) is 29.9 Å². The van der Waals surface area contributed by atoms with Gasteiger partial charge in [0.15, 0.2) is 0 Å². The number of anilines is 1. The van der Waals surface area contributed by atoms with Crippen molar-refractivity contribution in [3.63, 3.8) is 0 Å². The summed E-state index contributed by atoms with van der Waals surface area (Å²) in [6, 6.07) is 1.84. The monoisotopic (exact) mass is 193 g/mol. The van der Waals surface area contributed by atoms with Gasteiger partial charge in [-0.2, -0.15) is 0 Å². The van der Waals surface area contributed by atoms with Gasteiger partial charge >= 0.3 is 0 Å². The number of hydrogen-bond donors (Lipinski definition) is 2. The molecule has 76 valence electrons. The second-order valence-corrected chi connectivity index (χ2v) is 3.36. The van der Waals surface area contributed by atoms with Gasteiger partial charge in [0.05, 0.1) is 11.5 Å². The molecule has 0 spiro atoms. The normalized spacial score (nSPS) is 9.93. The maximum Gasteiger partial charge on any atom is 0.132 e. The molecule has 1 aromatic rings. The van der Waals surface area contributed by atoms with Crippen molar-refractivity contribution in [1.29, 1.82) is 5.41 Å². The highest BCUT2D eigenvalue weighted by molar-refractivity contribution is 5.79. The predicted octanol–water partition coefficient (Wildman–Crippen LogP) is 0.329. The fraction of sp³-hybridized carbons (Fsp3) is 0.444. The van der Waals surface area contributed by atoms with Crippen LogP contribution in [0.25, 0.3) is 0 Å². The predicted molar refractivity (Wildman–Crippen MR) is 56.7 cm³/mol. The summed E-state index contributed by atoms with van der Waals surface area (Å²) in [7, 11) is 3.83. The summed E-state index contributed by atoms with van der Waals surface area (Å²) in [5, 5.41) is 7.18. The lowest BCUT2D eigenvalue weighted by Crippen LogP contribution is -2.17. The molecule has 0 aliphatic heterocycles. The smallest absolute Gasteiger partial charge is 0.132 e. The molecule has 5 heteroatoms. The zero-order valence-electron chi connectivity index (χ0n) is 8.70. The van der Waals surface area contributed by atoms with E-state index in [0.717, 1.165) is 11.5 Å². The van der Waals surface area contributed by atoms with Crippen LogP contribution >= 0.6 is 0 Å². The summed E-state index contributed by atoms with van der Waals surface area (Å²) in [5.41, 5.74) is 6.10. The van der Waals surface area contributed by atoms with Crippen LogP contribution in [0.15, 0.2) is 6.07 Å². The van der Waals surface area contributed by atoms with Crippen molar-refractivity contribution in [3.8, 4) is 0 Å². The van der Waals surface area contributed by atoms with Crippen molar-refractivity contribution in [2.24, 2.45) is 5.73 Å². The fourth-order valence-corrected chi connectivity index (χ4v) is 1.13. The van der Waals surface area contributed by atoms with Crippen molar-refractivity contribution >= 4 is 11.7 Å². The van der Waals surface area contributed by atoms with E-state index >= 15 is 0 Å². The molecule has 1 aromatic heterocycles. The standard InChI is InChI=1S/C9H15N5/c1-6-12-7(4-8(10)11)5-9(13-6)14(2)3/h5H,4H2,1-3H3,(H3,10,11). The van der Waals surface area contributed by atoms with Gasteiger partial charge in [-0.25, -0.2) is 9.97 Å². The third-order valence-corrected chi connectivity index (χ3v) is 1.71. The number of amidine groups is 1. The average molecular weight is 193 g/mol. The molecule has 0 aliphatic rings. The number of aromatic nitrogens is 2. The number of rotatable bonds is 3. The Kier molecular flexibility index (Phi) is 3.01. The summed E-state index contributed by atoms with van der Waals surface area (Å²) in [5.74, 6) is 1.66. The minimum absolute atomic E-state index is 0.118. The van der Waals surface area contributed by atoms with Gasteiger partial charge in [-0.05, 0) is 6.92 Å². The molecule has 3 N–H and O–H groups in total. The lowest BCUT2D eigenvalue weighted by molar-refractivity contribution is 0.948. The Hall–Kier alpha value is -1.65. The number of aryl methyl sites for hydroxylation is 1. The van der Waals surface area contributed by atoms with Gasteiger partial charge in [-0.3, -0.25) is 5.41 Å². The van der Waals surface area contributed by atoms with E-state index < -0.39 is 0 Å². The molecule has 1 heterocycles. The summed E-state index contributed by atoms with van der Waals surface area (Å²) in [6.45, 7) is 1.83. The van der Waals surface area contributed by atoms with Crippen LogP contribution in [0.4, 0.5) is 5.82 Å². The van der Waals surface area contributed by atoms with Crippen molar-refractivity contribution in [1.82, 2.24) is 9.97 Å². The van der Waals surface area contributed by atoms with E-state index in [4.69, 9.17) is 11.1 Å². The first-order valence-corrected chi connectivity index (χ1v) is 4.34. The summed E-state index contributed by atoms with van der Waals surface area (Å²) < 4.78 is 0. The summed E-state index contributed by atoms with van der Waals surface area (Å²) >= 11 is 0. The Morgan fingerprint density at radius 1 is 1.50 bits per heavy atom. The van der Waals surface area contributed by atoms with E-state index in [9.17, 15) is 0 Å². The van der Waals surface area contributed by atoms with E-state index in [0.29, 0.717) is 12.2 Å². The maximum atomic E-state index is 7.18. The average Bonchev–Trinajstić information content (AvgIpc) is 2.01. The molecule has 5 nitrogen and oxygen atoms in total. The molecule has 0 saturated carbocycles. The minimum Gasteiger partial charge on any atom is -0.387 e. The third kappa shape index (κ3) is 2.69. The first kappa shape index (κ1) is 10.4. The van der Waals surface area contributed by atoms with Gasteiger partial charge in [-0.1, -0.05) is 0 Å². The van der Waals surface area contributed by atoms with Gasteiger partial charge in [0, 0.05) is 26.6 Å². The van der Waals surface area contributed by atoms with E-state index in [2.05, 4.69) is 9.97 Å². The topological polar surface area (TPSA) is 78.9 Å². The lowest BCUT2D eigenvalue weighted by atomic mass is 10.2. The van der Waals surface area contributed by atoms with Crippen LogP contribution in [0.3, 0.4) is 0 Å². The molecule has 14 heavy (non-hydrogen) atoms. The van der Waals surface area contributed by atoms with Gasteiger partial charge in [0.25, 0.3) is 0 Å². The molecule has 0 unspecified atom stereocenters. The quantitative estimate of drug-likeness (QED) is 0.535. The molecule has 0 atom stereocenters. The largest absolute Gasteiger partial charge is 0.387 e. The SMILES string of the molecule is Cc1nc(CC(=N)N)cc(N(C)C)n1. The summed E-state index contributed by atoms with van der Waals surface area (Å²) in [4.78, 5) is 10.3.